The molecular formula is C14H17N3O4. The number of rotatable bonds is 5. The molecule has 0 spiro atoms. The minimum Gasteiger partial charge on any atom is -0.465 e. The van der Waals surface area contributed by atoms with Crippen molar-refractivity contribution in [3.8, 4) is 0 Å². The second-order valence-corrected chi connectivity index (χ2v) is 4.07. The third-order valence-corrected chi connectivity index (χ3v) is 2.45. The van der Waals surface area contributed by atoms with Crippen LogP contribution < -0.4 is 10.7 Å². The number of hydrogen-bond donors (Lipinski definition) is 2. The minimum absolute atomic E-state index is 0.414. The van der Waals surface area contributed by atoms with Crippen molar-refractivity contribution in [1.82, 2.24) is 10.7 Å². The molecule has 0 bridgehead atoms. The molecule has 0 aliphatic heterocycles. The number of esters is 1. The molecule has 0 saturated heterocycles. The van der Waals surface area contributed by atoms with Crippen LogP contribution in [0.5, 0.6) is 0 Å². The van der Waals surface area contributed by atoms with Crippen molar-refractivity contribution >= 4 is 24.0 Å². The maximum Gasteiger partial charge on any atom is 0.337 e. The average Bonchev–Trinajstić information content (AvgIpc) is 2.52. The van der Waals surface area contributed by atoms with E-state index in [9.17, 15) is 14.4 Å². The zero-order chi connectivity index (χ0) is 15.7. The molecule has 0 fully saturated rings. The normalized spacial score (nSPS) is 10.2. The van der Waals surface area contributed by atoms with Gasteiger partial charge in [-0.25, -0.2) is 10.2 Å². The van der Waals surface area contributed by atoms with Crippen molar-refractivity contribution < 1.29 is 19.1 Å². The number of amides is 2. The summed E-state index contributed by atoms with van der Waals surface area (Å²) in [6.45, 7) is 2.32. The Bertz CT molecular complexity index is 538. The number of hydrogen-bond acceptors (Lipinski definition) is 5. The van der Waals surface area contributed by atoms with Crippen LogP contribution in [0, 0.1) is 0 Å². The molecule has 7 nitrogen and oxygen atoms in total. The Balaban J connectivity index is 2.51. The third kappa shape index (κ3) is 5.43. The Labute approximate surface area is 122 Å². The Kier molecular flexibility index (Phi) is 6.59. The number of nitrogens with one attached hydrogen (secondary N) is 2. The molecule has 0 radical (unpaired) electrons. The van der Waals surface area contributed by atoms with Crippen LogP contribution in [0.4, 0.5) is 0 Å². The summed E-state index contributed by atoms with van der Waals surface area (Å²) in [5.41, 5.74) is 3.19. The van der Waals surface area contributed by atoms with Gasteiger partial charge in [-0.3, -0.25) is 9.59 Å². The largest absolute Gasteiger partial charge is 0.465 e. The Morgan fingerprint density at radius 1 is 1.19 bits per heavy atom. The van der Waals surface area contributed by atoms with Gasteiger partial charge in [-0.2, -0.15) is 5.10 Å². The van der Waals surface area contributed by atoms with Gasteiger partial charge in [0.15, 0.2) is 0 Å². The summed E-state index contributed by atoms with van der Waals surface area (Å²) in [5, 5.41) is 6.09. The maximum absolute atomic E-state index is 11.3. The van der Waals surface area contributed by atoms with Gasteiger partial charge >= 0.3 is 17.8 Å². The van der Waals surface area contributed by atoms with E-state index in [-0.39, 0.29) is 0 Å². The first-order valence-electron chi connectivity index (χ1n) is 6.38. The number of hydrazone groups is 1. The highest BCUT2D eigenvalue weighted by molar-refractivity contribution is 6.35. The summed E-state index contributed by atoms with van der Waals surface area (Å²) in [6, 6.07) is 6.42. The van der Waals surface area contributed by atoms with Crippen molar-refractivity contribution in [3.05, 3.63) is 35.4 Å². The summed E-state index contributed by atoms with van der Waals surface area (Å²) in [6.07, 6.45) is 2.11. The molecule has 2 N–H and O–H groups in total. The van der Waals surface area contributed by atoms with E-state index in [2.05, 4.69) is 20.6 Å². The minimum atomic E-state index is -0.828. The topological polar surface area (TPSA) is 96.9 Å². The predicted octanol–water partition coefficient (Wildman–Crippen LogP) is 0.450. The quantitative estimate of drug-likeness (QED) is 0.356. The maximum atomic E-state index is 11.3. The molecule has 0 saturated carbocycles. The van der Waals surface area contributed by atoms with Crippen LogP contribution in [0.15, 0.2) is 29.4 Å². The number of carbonyl (C=O) groups is 3. The fourth-order valence-electron chi connectivity index (χ4n) is 1.36. The van der Waals surface area contributed by atoms with Crippen LogP contribution in [-0.4, -0.2) is 37.7 Å². The van der Waals surface area contributed by atoms with Crippen molar-refractivity contribution in [1.29, 1.82) is 0 Å². The molecule has 1 aromatic rings. The monoisotopic (exact) mass is 291 g/mol. The molecule has 21 heavy (non-hydrogen) atoms. The van der Waals surface area contributed by atoms with Crippen molar-refractivity contribution in [2.45, 2.75) is 13.3 Å². The van der Waals surface area contributed by atoms with Crippen LogP contribution in [0.25, 0.3) is 0 Å². The molecule has 0 aliphatic carbocycles. The Morgan fingerprint density at radius 3 is 2.43 bits per heavy atom. The summed E-state index contributed by atoms with van der Waals surface area (Å²) in [7, 11) is 1.30. The van der Waals surface area contributed by atoms with Crippen LogP contribution in [0.3, 0.4) is 0 Å². The van der Waals surface area contributed by atoms with Crippen LogP contribution >= 0.6 is 0 Å². The number of benzene rings is 1. The van der Waals surface area contributed by atoms with Crippen LogP contribution in [0.1, 0.15) is 29.3 Å². The van der Waals surface area contributed by atoms with E-state index < -0.39 is 17.8 Å². The molecule has 0 aliphatic rings. The van der Waals surface area contributed by atoms with Crippen LogP contribution in [-0.2, 0) is 14.3 Å². The van der Waals surface area contributed by atoms with E-state index in [1.807, 2.05) is 6.92 Å². The average molecular weight is 291 g/mol. The predicted molar refractivity (Wildman–Crippen MR) is 76.8 cm³/mol. The smallest absolute Gasteiger partial charge is 0.337 e. The number of nitrogens with zero attached hydrogens (tertiary/aromatic N) is 1. The second-order valence-electron chi connectivity index (χ2n) is 4.07. The summed E-state index contributed by atoms with van der Waals surface area (Å²) >= 11 is 0. The van der Waals surface area contributed by atoms with Crippen molar-refractivity contribution in [3.63, 3.8) is 0 Å². The molecule has 0 heterocycles. The van der Waals surface area contributed by atoms with E-state index >= 15 is 0 Å². The first kappa shape index (κ1) is 16.4. The highest BCUT2D eigenvalue weighted by Crippen LogP contribution is 2.03. The molecule has 0 aromatic heterocycles. The summed E-state index contributed by atoms with van der Waals surface area (Å²) in [5.74, 6) is -1.99. The first-order chi connectivity index (χ1) is 10.1. The summed E-state index contributed by atoms with van der Waals surface area (Å²) < 4.78 is 4.57. The lowest BCUT2D eigenvalue weighted by molar-refractivity contribution is -0.139. The van der Waals surface area contributed by atoms with Gasteiger partial charge < -0.3 is 10.1 Å². The van der Waals surface area contributed by atoms with Gasteiger partial charge in [-0.05, 0) is 24.1 Å². The molecule has 0 unspecified atom stereocenters. The van der Waals surface area contributed by atoms with Crippen molar-refractivity contribution in [2.24, 2.45) is 5.10 Å². The van der Waals surface area contributed by atoms with Crippen LogP contribution in [0.2, 0.25) is 0 Å². The zero-order valence-corrected chi connectivity index (χ0v) is 11.9. The lowest BCUT2D eigenvalue weighted by Gasteiger charge is -2.01. The third-order valence-electron chi connectivity index (χ3n) is 2.45. The fraction of sp³-hybridized carbons (Fsp3) is 0.286. The van der Waals surface area contributed by atoms with Gasteiger partial charge in [0.05, 0.1) is 18.9 Å². The second kappa shape index (κ2) is 8.47. The van der Waals surface area contributed by atoms with E-state index in [1.54, 1.807) is 24.3 Å². The Hall–Kier alpha value is -2.70. The van der Waals surface area contributed by atoms with E-state index in [4.69, 9.17) is 0 Å². The van der Waals surface area contributed by atoms with Gasteiger partial charge in [-0.1, -0.05) is 19.1 Å². The van der Waals surface area contributed by atoms with E-state index in [1.165, 1.54) is 13.3 Å². The molecular weight excluding hydrogens is 274 g/mol. The molecule has 1 rings (SSSR count). The van der Waals surface area contributed by atoms with Gasteiger partial charge in [-0.15, -0.1) is 0 Å². The molecule has 1 aromatic carbocycles. The van der Waals surface area contributed by atoms with Gasteiger partial charge in [0, 0.05) is 6.54 Å². The zero-order valence-electron chi connectivity index (χ0n) is 11.9. The number of carbonyl (C=O) groups excluding carboxylic acids is 3. The lowest BCUT2D eigenvalue weighted by atomic mass is 10.1. The Morgan fingerprint density at radius 2 is 1.86 bits per heavy atom. The van der Waals surface area contributed by atoms with E-state index in [0.29, 0.717) is 17.7 Å². The highest BCUT2D eigenvalue weighted by atomic mass is 16.5. The van der Waals surface area contributed by atoms with Crippen molar-refractivity contribution in [2.75, 3.05) is 13.7 Å². The number of methoxy groups -OCH3 is 1. The van der Waals surface area contributed by atoms with Gasteiger partial charge in [0.25, 0.3) is 0 Å². The fourth-order valence-corrected chi connectivity index (χ4v) is 1.36. The lowest BCUT2D eigenvalue weighted by Crippen LogP contribution is -2.38. The van der Waals surface area contributed by atoms with Gasteiger partial charge in [0.1, 0.15) is 0 Å². The highest BCUT2D eigenvalue weighted by Gasteiger charge is 2.10. The molecule has 7 heteroatoms. The standard InChI is InChI=1S/C14H17N3O4/c1-3-8-15-12(18)13(19)17-16-9-10-4-6-11(7-5-10)14(20)21-2/h4-7,9H,3,8H2,1-2H3,(H,15,18)(H,17,19)/b16-9-. The van der Waals surface area contributed by atoms with Gasteiger partial charge in [0.2, 0.25) is 0 Å². The van der Waals surface area contributed by atoms with E-state index in [0.717, 1.165) is 6.42 Å². The SMILES string of the molecule is CCCNC(=O)C(=O)N/N=C\c1ccc(C(=O)OC)cc1. The molecule has 0 atom stereocenters. The molecule has 2 amide bonds. The number of ether oxygens (including phenoxy) is 1. The molecule has 112 valence electrons. The summed E-state index contributed by atoms with van der Waals surface area (Å²) in [4.78, 5) is 33.8. The first-order valence-corrected chi connectivity index (χ1v) is 6.38.